The maximum Gasteiger partial charge on any atom is 0.191 e. The molecule has 0 unspecified atom stereocenters. The smallest absolute Gasteiger partial charge is 0.191 e. The molecule has 0 saturated carbocycles. The predicted octanol–water partition coefficient (Wildman–Crippen LogP) is 4.07. The molecule has 3 rings (SSSR count). The number of hydrogen-bond acceptors (Lipinski definition) is 4. The average Bonchev–Trinajstić information content (AvgIpc) is 3.20. The standard InChI is InChI=1S/C21H24N4OS/c1-3-22-21(23-13-16-8-7-11-18(12-16)26-2)24-14-20-25-19(15-27-20)17-9-5-4-6-10-17/h4-12,15H,3,13-14H2,1-2H3,(H2,22,23,24). The molecule has 0 aliphatic carbocycles. The molecule has 0 aliphatic heterocycles. The van der Waals surface area contributed by atoms with Crippen molar-refractivity contribution in [3.8, 4) is 17.0 Å². The second kappa shape index (κ2) is 9.73. The Hall–Kier alpha value is -2.86. The van der Waals surface area contributed by atoms with Crippen molar-refractivity contribution in [1.29, 1.82) is 0 Å². The third-order valence-electron chi connectivity index (χ3n) is 3.93. The number of methoxy groups -OCH3 is 1. The van der Waals surface area contributed by atoms with Crippen LogP contribution in [0.15, 0.2) is 65.0 Å². The summed E-state index contributed by atoms with van der Waals surface area (Å²) in [5.41, 5.74) is 3.25. The van der Waals surface area contributed by atoms with Crippen LogP contribution < -0.4 is 15.4 Å². The predicted molar refractivity (Wildman–Crippen MR) is 112 cm³/mol. The van der Waals surface area contributed by atoms with Crippen LogP contribution in [0.2, 0.25) is 0 Å². The lowest BCUT2D eigenvalue weighted by Crippen LogP contribution is -2.36. The van der Waals surface area contributed by atoms with Crippen molar-refractivity contribution in [3.63, 3.8) is 0 Å². The summed E-state index contributed by atoms with van der Waals surface area (Å²) < 4.78 is 5.27. The van der Waals surface area contributed by atoms with Crippen LogP contribution in [0.4, 0.5) is 0 Å². The summed E-state index contributed by atoms with van der Waals surface area (Å²) in [4.78, 5) is 9.37. The highest BCUT2D eigenvalue weighted by Crippen LogP contribution is 2.21. The first kappa shape index (κ1) is 18.9. The second-order valence-corrected chi connectivity index (χ2v) is 6.84. The number of thiazole rings is 1. The lowest BCUT2D eigenvalue weighted by atomic mass is 10.2. The van der Waals surface area contributed by atoms with E-state index in [1.165, 1.54) is 0 Å². The molecular formula is C21H24N4OS. The molecule has 2 aromatic carbocycles. The van der Waals surface area contributed by atoms with E-state index in [2.05, 4.69) is 40.1 Å². The van der Waals surface area contributed by atoms with Gasteiger partial charge in [0.1, 0.15) is 10.8 Å². The molecule has 0 fully saturated rings. The molecule has 0 atom stereocenters. The van der Waals surface area contributed by atoms with E-state index >= 15 is 0 Å². The Morgan fingerprint density at radius 1 is 1.11 bits per heavy atom. The SMILES string of the molecule is CCNC(=NCc1cccc(OC)c1)NCc1nc(-c2ccccc2)cs1. The van der Waals surface area contributed by atoms with Gasteiger partial charge in [-0.1, -0.05) is 42.5 Å². The molecule has 0 radical (unpaired) electrons. The van der Waals surface area contributed by atoms with E-state index in [9.17, 15) is 0 Å². The zero-order valence-electron chi connectivity index (χ0n) is 15.6. The number of nitrogens with zero attached hydrogens (tertiary/aromatic N) is 2. The molecule has 1 heterocycles. The van der Waals surface area contributed by atoms with Gasteiger partial charge in [0.15, 0.2) is 5.96 Å². The largest absolute Gasteiger partial charge is 0.497 e. The van der Waals surface area contributed by atoms with Gasteiger partial charge < -0.3 is 15.4 Å². The molecule has 0 saturated heterocycles. The molecule has 3 aromatic rings. The molecule has 0 bridgehead atoms. The number of aliphatic imine (C=N–C) groups is 1. The number of ether oxygens (including phenoxy) is 1. The fraction of sp³-hybridized carbons (Fsp3) is 0.238. The van der Waals surface area contributed by atoms with Crippen LogP contribution in [-0.2, 0) is 13.1 Å². The molecule has 2 N–H and O–H groups in total. The Labute approximate surface area is 164 Å². The number of aromatic nitrogens is 1. The zero-order chi connectivity index (χ0) is 18.9. The molecular weight excluding hydrogens is 356 g/mol. The zero-order valence-corrected chi connectivity index (χ0v) is 16.4. The van der Waals surface area contributed by atoms with Gasteiger partial charge in [-0.2, -0.15) is 0 Å². The quantitative estimate of drug-likeness (QED) is 0.479. The van der Waals surface area contributed by atoms with Gasteiger partial charge >= 0.3 is 0 Å². The molecule has 5 nitrogen and oxygen atoms in total. The maximum absolute atomic E-state index is 5.27. The van der Waals surface area contributed by atoms with Crippen molar-refractivity contribution < 1.29 is 4.74 Å². The Bertz CT molecular complexity index is 877. The lowest BCUT2D eigenvalue weighted by Gasteiger charge is -2.10. The van der Waals surface area contributed by atoms with Crippen molar-refractivity contribution in [3.05, 3.63) is 70.5 Å². The molecule has 27 heavy (non-hydrogen) atoms. The fourth-order valence-corrected chi connectivity index (χ4v) is 3.32. The van der Waals surface area contributed by atoms with E-state index in [0.29, 0.717) is 13.1 Å². The van der Waals surface area contributed by atoms with Gasteiger partial charge in [0.2, 0.25) is 0 Å². The van der Waals surface area contributed by atoms with Crippen LogP contribution in [0.3, 0.4) is 0 Å². The van der Waals surface area contributed by atoms with Gasteiger partial charge in [-0.05, 0) is 24.6 Å². The maximum atomic E-state index is 5.27. The first-order valence-electron chi connectivity index (χ1n) is 8.93. The van der Waals surface area contributed by atoms with Gasteiger partial charge in [-0.25, -0.2) is 9.98 Å². The van der Waals surface area contributed by atoms with Gasteiger partial charge in [0, 0.05) is 17.5 Å². The Morgan fingerprint density at radius 3 is 2.74 bits per heavy atom. The van der Waals surface area contributed by atoms with Crippen LogP contribution in [-0.4, -0.2) is 24.6 Å². The minimum absolute atomic E-state index is 0.583. The van der Waals surface area contributed by atoms with Crippen LogP contribution >= 0.6 is 11.3 Å². The molecule has 1 aromatic heterocycles. The van der Waals surface area contributed by atoms with Crippen molar-refractivity contribution in [2.75, 3.05) is 13.7 Å². The van der Waals surface area contributed by atoms with Crippen molar-refractivity contribution in [1.82, 2.24) is 15.6 Å². The molecule has 0 amide bonds. The Morgan fingerprint density at radius 2 is 1.96 bits per heavy atom. The van der Waals surface area contributed by atoms with Crippen LogP contribution in [0.1, 0.15) is 17.5 Å². The third kappa shape index (κ3) is 5.56. The van der Waals surface area contributed by atoms with E-state index in [-0.39, 0.29) is 0 Å². The number of benzene rings is 2. The number of hydrogen-bond donors (Lipinski definition) is 2. The molecule has 0 spiro atoms. The van der Waals surface area contributed by atoms with Crippen molar-refractivity contribution in [2.24, 2.45) is 4.99 Å². The molecule has 0 aliphatic rings. The molecule has 140 valence electrons. The van der Waals surface area contributed by atoms with Crippen molar-refractivity contribution in [2.45, 2.75) is 20.0 Å². The Kier molecular flexibility index (Phi) is 6.82. The summed E-state index contributed by atoms with van der Waals surface area (Å²) in [5.74, 6) is 1.62. The average molecular weight is 381 g/mol. The van der Waals surface area contributed by atoms with E-state index in [0.717, 1.165) is 40.1 Å². The number of rotatable bonds is 7. The topological polar surface area (TPSA) is 58.5 Å². The summed E-state index contributed by atoms with van der Waals surface area (Å²) in [6.45, 7) is 4.08. The highest BCUT2D eigenvalue weighted by atomic mass is 32.1. The monoisotopic (exact) mass is 380 g/mol. The normalized spacial score (nSPS) is 11.3. The summed E-state index contributed by atoms with van der Waals surface area (Å²) in [5, 5.41) is 9.75. The first-order chi connectivity index (χ1) is 13.3. The van der Waals surface area contributed by atoms with Crippen LogP contribution in [0.25, 0.3) is 11.3 Å². The fourth-order valence-electron chi connectivity index (χ4n) is 2.58. The van der Waals surface area contributed by atoms with Gasteiger partial charge in [-0.3, -0.25) is 0 Å². The van der Waals surface area contributed by atoms with Crippen LogP contribution in [0.5, 0.6) is 5.75 Å². The highest BCUT2D eigenvalue weighted by Gasteiger charge is 2.05. The van der Waals surface area contributed by atoms with E-state index < -0.39 is 0 Å². The number of guanidine groups is 1. The summed E-state index contributed by atoms with van der Waals surface area (Å²) in [7, 11) is 1.67. The number of nitrogens with one attached hydrogen (secondary N) is 2. The summed E-state index contributed by atoms with van der Waals surface area (Å²) in [6, 6.07) is 18.2. The molecule has 6 heteroatoms. The Balaban J connectivity index is 1.62. The lowest BCUT2D eigenvalue weighted by molar-refractivity contribution is 0.414. The van der Waals surface area contributed by atoms with Gasteiger partial charge in [0.25, 0.3) is 0 Å². The van der Waals surface area contributed by atoms with E-state index in [4.69, 9.17) is 9.72 Å². The second-order valence-electron chi connectivity index (χ2n) is 5.89. The summed E-state index contributed by atoms with van der Waals surface area (Å²) in [6.07, 6.45) is 0. The van der Waals surface area contributed by atoms with E-state index in [1.54, 1.807) is 18.4 Å². The first-order valence-corrected chi connectivity index (χ1v) is 9.81. The van der Waals surface area contributed by atoms with Gasteiger partial charge in [0.05, 0.1) is 25.9 Å². The minimum Gasteiger partial charge on any atom is -0.497 e. The van der Waals surface area contributed by atoms with Gasteiger partial charge in [-0.15, -0.1) is 11.3 Å². The summed E-state index contributed by atoms with van der Waals surface area (Å²) >= 11 is 1.65. The van der Waals surface area contributed by atoms with Crippen molar-refractivity contribution >= 4 is 17.3 Å². The third-order valence-corrected chi connectivity index (χ3v) is 4.78. The van der Waals surface area contributed by atoms with E-state index in [1.807, 2.05) is 42.5 Å². The highest BCUT2D eigenvalue weighted by molar-refractivity contribution is 7.09. The van der Waals surface area contributed by atoms with Crippen LogP contribution in [0, 0.1) is 0 Å². The minimum atomic E-state index is 0.583.